The van der Waals surface area contributed by atoms with Gasteiger partial charge in [0, 0.05) is 0 Å². The summed E-state index contributed by atoms with van der Waals surface area (Å²) in [7, 11) is -6.36. The molecule has 0 N–H and O–H groups in total. The van der Waals surface area contributed by atoms with Crippen LogP contribution in [0.2, 0.25) is 0 Å². The van der Waals surface area contributed by atoms with Crippen LogP contribution < -0.4 is 9.05 Å². The minimum atomic E-state index is -3.18. The molecule has 0 saturated heterocycles. The third kappa shape index (κ3) is 9.08. The monoisotopic (exact) mass is 622 g/mol. The van der Waals surface area contributed by atoms with Gasteiger partial charge in [-0.05, 0) is 74.2 Å². The van der Waals surface area contributed by atoms with Crippen molar-refractivity contribution >= 4 is 14.7 Å². The van der Waals surface area contributed by atoms with Crippen molar-refractivity contribution < 1.29 is 18.2 Å². The number of rotatable bonds is 12. The second-order valence-electron chi connectivity index (χ2n) is 11.9. The molecule has 0 bridgehead atoms. The summed E-state index contributed by atoms with van der Waals surface area (Å²) in [6.07, 6.45) is 1.29. The van der Waals surface area contributed by atoms with E-state index in [9.17, 15) is 9.13 Å². The summed E-state index contributed by atoms with van der Waals surface area (Å²) in [6.45, 7) is 8.13. The average Bonchev–Trinajstić information content (AvgIpc) is 2.94. The van der Waals surface area contributed by atoms with Crippen LogP contribution in [0.4, 0.5) is 0 Å². The fourth-order valence-corrected chi connectivity index (χ4v) is 10.0. The van der Waals surface area contributed by atoms with Crippen LogP contribution >= 0.6 is 14.7 Å². The van der Waals surface area contributed by atoms with Crippen LogP contribution in [0.25, 0.3) is 0 Å². The summed E-state index contributed by atoms with van der Waals surface area (Å²) in [4.78, 5) is 0. The zero-order valence-corrected chi connectivity index (χ0v) is 27.7. The Hall–Kier alpha value is -3.84. The van der Waals surface area contributed by atoms with Gasteiger partial charge < -0.3 is 9.05 Å². The number of hydrogen-bond donors (Lipinski definition) is 0. The van der Waals surface area contributed by atoms with Crippen molar-refractivity contribution in [2.45, 2.75) is 52.3 Å². The maximum atomic E-state index is 14.4. The molecule has 6 heteroatoms. The Kier molecular flexibility index (Phi) is 9.94. The average molecular weight is 623 g/mol. The van der Waals surface area contributed by atoms with Crippen molar-refractivity contribution in [2.24, 2.45) is 0 Å². The molecule has 0 aliphatic carbocycles. The molecule has 0 heterocycles. The quantitative estimate of drug-likeness (QED) is 0.130. The summed E-state index contributed by atoms with van der Waals surface area (Å²) in [5, 5.41) is 0. The van der Waals surface area contributed by atoms with E-state index in [4.69, 9.17) is 9.05 Å². The minimum absolute atomic E-state index is 0.322. The highest BCUT2D eigenvalue weighted by atomic mass is 31.2. The third-order valence-electron chi connectivity index (χ3n) is 7.39. The van der Waals surface area contributed by atoms with Gasteiger partial charge in [-0.25, -0.2) is 0 Å². The van der Waals surface area contributed by atoms with Crippen molar-refractivity contribution in [3.05, 3.63) is 166 Å². The van der Waals surface area contributed by atoms with E-state index in [2.05, 4.69) is 24.3 Å². The Bertz CT molecular complexity index is 1590. The molecule has 0 fully saturated rings. The van der Waals surface area contributed by atoms with Crippen molar-refractivity contribution in [3.8, 4) is 11.5 Å². The Labute approximate surface area is 262 Å². The van der Waals surface area contributed by atoms with Crippen LogP contribution in [-0.4, -0.2) is 0 Å². The first-order chi connectivity index (χ1) is 21.0. The van der Waals surface area contributed by atoms with Gasteiger partial charge in [-0.1, -0.05) is 119 Å². The van der Waals surface area contributed by atoms with Gasteiger partial charge in [-0.3, -0.25) is 9.13 Å². The zero-order chi connectivity index (χ0) is 31.2. The van der Waals surface area contributed by atoms with Gasteiger partial charge in [0.15, 0.2) is 0 Å². The fourth-order valence-electron chi connectivity index (χ4n) is 5.54. The van der Waals surface area contributed by atoms with Crippen LogP contribution in [0.3, 0.4) is 0 Å². The lowest BCUT2D eigenvalue weighted by Gasteiger charge is -2.22. The predicted molar refractivity (Wildman–Crippen MR) is 182 cm³/mol. The first kappa shape index (κ1) is 31.6. The zero-order valence-electron chi connectivity index (χ0n) is 25.9. The number of benzene rings is 5. The lowest BCUT2D eigenvalue weighted by Crippen LogP contribution is -2.03. The van der Waals surface area contributed by atoms with Crippen LogP contribution in [-0.2, 0) is 33.8 Å². The Balaban J connectivity index is 1.38. The van der Waals surface area contributed by atoms with Gasteiger partial charge in [0.1, 0.15) is 11.5 Å². The van der Waals surface area contributed by atoms with Crippen molar-refractivity contribution in [1.82, 2.24) is 0 Å². The van der Waals surface area contributed by atoms with Gasteiger partial charge in [0.05, 0.1) is 24.6 Å². The maximum absolute atomic E-state index is 14.4. The van der Waals surface area contributed by atoms with E-state index in [0.717, 1.165) is 44.5 Å². The molecular formula is C38H40O4P2. The number of aryl methyl sites for hydroxylation is 4. The van der Waals surface area contributed by atoms with Gasteiger partial charge in [-0.2, -0.15) is 0 Å². The normalized spacial score (nSPS) is 11.7. The number of hydrogen-bond acceptors (Lipinski definition) is 4. The molecule has 5 aromatic carbocycles. The molecule has 0 aromatic heterocycles. The summed E-state index contributed by atoms with van der Waals surface area (Å²) in [5.41, 5.74) is 8.39. The Morgan fingerprint density at radius 1 is 0.409 bits per heavy atom. The standard InChI is InChI=1S/C38H40O4P2/c1-29-9-5-13-33(21-29)25-43(39,26-34-14-6-10-30(2)22-34)41-37-17-19-38(20-18-37)42-44(40,27-35-15-7-11-31(3)23-35)28-36-16-8-12-32(4)24-36/h5-24H,25-28H2,1-4H3. The topological polar surface area (TPSA) is 52.6 Å². The molecule has 226 valence electrons. The molecule has 0 spiro atoms. The van der Waals surface area contributed by atoms with E-state index in [0.29, 0.717) is 36.1 Å². The highest BCUT2D eigenvalue weighted by molar-refractivity contribution is 7.58. The summed E-state index contributed by atoms with van der Waals surface area (Å²) in [6, 6.07) is 39.3. The lowest BCUT2D eigenvalue weighted by atomic mass is 10.2. The van der Waals surface area contributed by atoms with Crippen LogP contribution in [0, 0.1) is 27.7 Å². The van der Waals surface area contributed by atoms with E-state index in [1.165, 1.54) is 0 Å². The molecular weight excluding hydrogens is 582 g/mol. The van der Waals surface area contributed by atoms with Crippen molar-refractivity contribution in [1.29, 1.82) is 0 Å². The minimum Gasteiger partial charge on any atom is -0.442 e. The fraction of sp³-hybridized carbons (Fsp3) is 0.211. The first-order valence-electron chi connectivity index (χ1n) is 14.9. The van der Waals surface area contributed by atoms with Crippen LogP contribution in [0.1, 0.15) is 44.5 Å². The van der Waals surface area contributed by atoms with E-state index in [1.807, 2.05) is 100 Å². The third-order valence-corrected chi connectivity index (χ3v) is 11.9. The molecule has 0 saturated carbocycles. The smallest absolute Gasteiger partial charge is 0.256 e. The molecule has 0 radical (unpaired) electrons. The molecule has 0 aliphatic heterocycles. The molecule has 0 atom stereocenters. The Morgan fingerprint density at radius 3 is 0.886 bits per heavy atom. The SMILES string of the molecule is Cc1cccc(CP(=O)(Cc2cccc(C)c2)Oc2ccc(OP(=O)(Cc3cccc(C)c3)Cc3cccc(C)c3)cc2)c1. The summed E-state index contributed by atoms with van der Waals surface area (Å²) < 4.78 is 41.5. The summed E-state index contributed by atoms with van der Waals surface area (Å²) in [5.74, 6) is 0.987. The molecule has 0 aliphatic rings. The van der Waals surface area contributed by atoms with Gasteiger partial charge in [0.25, 0.3) is 14.7 Å². The highest BCUT2D eigenvalue weighted by Gasteiger charge is 2.28. The van der Waals surface area contributed by atoms with Gasteiger partial charge in [0.2, 0.25) is 0 Å². The molecule has 5 rings (SSSR count). The van der Waals surface area contributed by atoms with Crippen molar-refractivity contribution in [2.75, 3.05) is 0 Å². The largest absolute Gasteiger partial charge is 0.442 e. The first-order valence-corrected chi connectivity index (χ1v) is 18.9. The maximum Gasteiger partial charge on any atom is 0.256 e. The van der Waals surface area contributed by atoms with Gasteiger partial charge in [-0.15, -0.1) is 0 Å². The van der Waals surface area contributed by atoms with E-state index in [1.54, 1.807) is 24.3 Å². The van der Waals surface area contributed by atoms with Gasteiger partial charge >= 0.3 is 0 Å². The second-order valence-corrected chi connectivity index (χ2v) is 16.8. The Morgan fingerprint density at radius 2 is 0.659 bits per heavy atom. The van der Waals surface area contributed by atoms with Crippen molar-refractivity contribution in [3.63, 3.8) is 0 Å². The van der Waals surface area contributed by atoms with Crippen LogP contribution in [0.5, 0.6) is 11.5 Å². The predicted octanol–water partition coefficient (Wildman–Crippen LogP) is 11.0. The lowest BCUT2D eigenvalue weighted by molar-refractivity contribution is 0.471. The molecule has 0 amide bonds. The van der Waals surface area contributed by atoms with E-state index < -0.39 is 14.7 Å². The molecule has 0 unspecified atom stereocenters. The summed E-state index contributed by atoms with van der Waals surface area (Å²) >= 11 is 0. The second kappa shape index (κ2) is 13.9. The van der Waals surface area contributed by atoms with Crippen LogP contribution in [0.15, 0.2) is 121 Å². The van der Waals surface area contributed by atoms with E-state index in [-0.39, 0.29) is 0 Å². The molecule has 5 aromatic rings. The van der Waals surface area contributed by atoms with E-state index >= 15 is 0 Å². The highest BCUT2D eigenvalue weighted by Crippen LogP contribution is 2.55. The molecule has 44 heavy (non-hydrogen) atoms. The molecule has 4 nitrogen and oxygen atoms in total.